The number of halogens is 1. The summed E-state index contributed by atoms with van der Waals surface area (Å²) in [5.41, 5.74) is 4.67. The van der Waals surface area contributed by atoms with Gasteiger partial charge in [0.05, 0.1) is 5.56 Å². The molecule has 0 saturated heterocycles. The predicted octanol–water partition coefficient (Wildman–Crippen LogP) is 7.35. The molecule has 3 nitrogen and oxygen atoms in total. The maximum Gasteiger partial charge on any atom is 0.259 e. The fourth-order valence-electron chi connectivity index (χ4n) is 4.22. The van der Waals surface area contributed by atoms with E-state index in [1.807, 2.05) is 31.2 Å². The number of hydrogen-bond donors (Lipinski definition) is 1. The van der Waals surface area contributed by atoms with E-state index >= 15 is 0 Å². The van der Waals surface area contributed by atoms with Gasteiger partial charge in [-0.15, -0.1) is 11.3 Å². The SMILES string of the molecule is Cc1ccccc1NC(=O)c1c(N=Cc2ccc(F)cc2)sc2c1CC[C@H](C(C)(C)C)C2. The molecular formula is C27H29FN2OS. The Kier molecular flexibility index (Phi) is 6.29. The van der Waals surface area contributed by atoms with Crippen molar-refractivity contribution in [2.75, 3.05) is 5.32 Å². The van der Waals surface area contributed by atoms with Crippen molar-refractivity contribution in [1.29, 1.82) is 0 Å². The van der Waals surface area contributed by atoms with Crippen LogP contribution in [0, 0.1) is 24.1 Å². The van der Waals surface area contributed by atoms with Gasteiger partial charge in [-0.25, -0.2) is 9.38 Å². The number of para-hydroxylation sites is 1. The second kappa shape index (κ2) is 8.99. The molecule has 1 N–H and O–H groups in total. The molecule has 32 heavy (non-hydrogen) atoms. The summed E-state index contributed by atoms with van der Waals surface area (Å²) < 4.78 is 13.3. The number of aliphatic imine (C=N–C) groups is 1. The van der Waals surface area contributed by atoms with Gasteiger partial charge in [0.25, 0.3) is 5.91 Å². The molecule has 2 aromatic carbocycles. The minimum atomic E-state index is -0.278. The number of carbonyl (C=O) groups is 1. The van der Waals surface area contributed by atoms with E-state index in [2.05, 4.69) is 26.1 Å². The molecular weight excluding hydrogens is 419 g/mol. The fraction of sp³-hybridized carbons (Fsp3) is 0.333. The van der Waals surface area contributed by atoms with E-state index in [0.717, 1.165) is 46.6 Å². The highest BCUT2D eigenvalue weighted by atomic mass is 32.1. The van der Waals surface area contributed by atoms with Crippen LogP contribution in [0.3, 0.4) is 0 Å². The Labute approximate surface area is 193 Å². The molecule has 166 valence electrons. The van der Waals surface area contributed by atoms with Crippen molar-refractivity contribution < 1.29 is 9.18 Å². The molecule has 0 saturated carbocycles. The van der Waals surface area contributed by atoms with Crippen LogP contribution >= 0.6 is 11.3 Å². The number of amides is 1. The lowest BCUT2D eigenvalue weighted by Crippen LogP contribution is -2.27. The number of hydrogen-bond acceptors (Lipinski definition) is 3. The van der Waals surface area contributed by atoms with E-state index in [1.165, 1.54) is 17.0 Å². The zero-order valence-electron chi connectivity index (χ0n) is 19.0. The number of benzene rings is 2. The normalized spacial score (nSPS) is 16.2. The van der Waals surface area contributed by atoms with Gasteiger partial charge in [-0.05, 0) is 72.4 Å². The van der Waals surface area contributed by atoms with E-state index in [4.69, 9.17) is 4.99 Å². The Morgan fingerprint density at radius 2 is 1.88 bits per heavy atom. The van der Waals surface area contributed by atoms with E-state index in [1.54, 1.807) is 29.7 Å². The average molecular weight is 449 g/mol. The maximum absolute atomic E-state index is 13.4. The van der Waals surface area contributed by atoms with Gasteiger partial charge in [0, 0.05) is 16.8 Å². The highest BCUT2D eigenvalue weighted by molar-refractivity contribution is 7.16. The lowest BCUT2D eigenvalue weighted by molar-refractivity contribution is 0.102. The summed E-state index contributed by atoms with van der Waals surface area (Å²) in [5.74, 6) is 0.187. The third-order valence-corrected chi connectivity index (χ3v) is 7.46. The van der Waals surface area contributed by atoms with Gasteiger partial charge in [0.15, 0.2) is 0 Å². The molecule has 4 rings (SSSR count). The Morgan fingerprint density at radius 3 is 2.56 bits per heavy atom. The minimum absolute atomic E-state index is 0.114. The molecule has 0 fully saturated rings. The van der Waals surface area contributed by atoms with Crippen molar-refractivity contribution in [2.24, 2.45) is 16.3 Å². The monoisotopic (exact) mass is 448 g/mol. The highest BCUT2D eigenvalue weighted by Gasteiger charge is 2.33. The van der Waals surface area contributed by atoms with Crippen LogP contribution in [-0.2, 0) is 12.8 Å². The zero-order valence-corrected chi connectivity index (χ0v) is 19.9. The molecule has 0 aliphatic heterocycles. The molecule has 5 heteroatoms. The largest absolute Gasteiger partial charge is 0.322 e. The summed E-state index contributed by atoms with van der Waals surface area (Å²) >= 11 is 1.61. The van der Waals surface area contributed by atoms with Crippen molar-refractivity contribution in [2.45, 2.75) is 47.0 Å². The molecule has 1 heterocycles. The van der Waals surface area contributed by atoms with Crippen LogP contribution in [0.2, 0.25) is 0 Å². The van der Waals surface area contributed by atoms with Crippen LogP contribution in [0.4, 0.5) is 15.1 Å². The van der Waals surface area contributed by atoms with E-state index in [9.17, 15) is 9.18 Å². The quantitative estimate of drug-likeness (QED) is 0.417. The molecule has 0 radical (unpaired) electrons. The average Bonchev–Trinajstić information content (AvgIpc) is 3.12. The first kappa shape index (κ1) is 22.4. The second-order valence-electron chi connectivity index (χ2n) is 9.57. The Hall–Kier alpha value is -2.79. The number of carbonyl (C=O) groups excluding carboxylic acids is 1. The standard InChI is InChI=1S/C27H29FN2OS/c1-17-7-5-6-8-22(17)30-25(31)24-21-14-11-19(27(2,3)4)15-23(21)32-26(24)29-16-18-9-12-20(28)13-10-18/h5-10,12-13,16,19H,11,14-15H2,1-4H3,(H,30,31)/t19-/m0/s1. The topological polar surface area (TPSA) is 41.5 Å². The third kappa shape index (κ3) is 4.83. The van der Waals surface area contributed by atoms with Gasteiger partial charge >= 0.3 is 0 Å². The number of nitrogens with zero attached hydrogens (tertiary/aromatic N) is 1. The minimum Gasteiger partial charge on any atom is -0.322 e. The highest BCUT2D eigenvalue weighted by Crippen LogP contribution is 2.45. The molecule has 3 aromatic rings. The van der Waals surface area contributed by atoms with Crippen molar-refractivity contribution in [3.8, 4) is 0 Å². The van der Waals surface area contributed by atoms with Gasteiger partial charge in [-0.1, -0.05) is 51.1 Å². The number of anilines is 1. The van der Waals surface area contributed by atoms with Gasteiger partial charge in [-0.3, -0.25) is 4.79 Å². The number of rotatable bonds is 4. The van der Waals surface area contributed by atoms with E-state index in [0.29, 0.717) is 11.5 Å². The van der Waals surface area contributed by atoms with Crippen LogP contribution in [-0.4, -0.2) is 12.1 Å². The van der Waals surface area contributed by atoms with Gasteiger partial charge in [-0.2, -0.15) is 0 Å². The Morgan fingerprint density at radius 1 is 1.16 bits per heavy atom. The van der Waals surface area contributed by atoms with Crippen molar-refractivity contribution >= 4 is 34.1 Å². The van der Waals surface area contributed by atoms with Crippen LogP contribution in [0.15, 0.2) is 53.5 Å². The van der Waals surface area contributed by atoms with Crippen molar-refractivity contribution in [1.82, 2.24) is 0 Å². The summed E-state index contributed by atoms with van der Waals surface area (Å²) in [7, 11) is 0. The lowest BCUT2D eigenvalue weighted by Gasteiger charge is -2.33. The Balaban J connectivity index is 1.71. The molecule has 1 aromatic heterocycles. The molecule has 1 aliphatic rings. The number of thiophene rings is 1. The maximum atomic E-state index is 13.4. The molecule has 0 unspecified atom stereocenters. The van der Waals surface area contributed by atoms with Crippen LogP contribution in [0.5, 0.6) is 0 Å². The van der Waals surface area contributed by atoms with E-state index < -0.39 is 0 Å². The summed E-state index contributed by atoms with van der Waals surface area (Å²) in [6, 6.07) is 14.0. The number of nitrogens with one attached hydrogen (secondary N) is 1. The molecule has 1 aliphatic carbocycles. The Bertz CT molecular complexity index is 1160. The third-order valence-electron chi connectivity index (χ3n) is 6.29. The fourth-order valence-corrected chi connectivity index (χ4v) is 5.48. The summed E-state index contributed by atoms with van der Waals surface area (Å²) in [6.45, 7) is 8.85. The molecule has 1 amide bonds. The summed E-state index contributed by atoms with van der Waals surface area (Å²) in [5, 5.41) is 3.82. The molecule has 1 atom stereocenters. The summed E-state index contributed by atoms with van der Waals surface area (Å²) in [6.07, 6.45) is 4.64. The first-order chi connectivity index (χ1) is 15.2. The number of aryl methyl sites for hydroxylation is 1. The van der Waals surface area contributed by atoms with Gasteiger partial charge < -0.3 is 5.32 Å². The lowest BCUT2D eigenvalue weighted by atomic mass is 9.72. The summed E-state index contributed by atoms with van der Waals surface area (Å²) in [4.78, 5) is 19.4. The van der Waals surface area contributed by atoms with Gasteiger partial charge in [0.2, 0.25) is 0 Å². The number of fused-ring (bicyclic) bond motifs is 1. The van der Waals surface area contributed by atoms with Crippen molar-refractivity contribution in [3.05, 3.63) is 81.5 Å². The second-order valence-corrected chi connectivity index (χ2v) is 10.7. The van der Waals surface area contributed by atoms with Gasteiger partial charge in [0.1, 0.15) is 10.8 Å². The van der Waals surface area contributed by atoms with Crippen LogP contribution < -0.4 is 5.32 Å². The smallest absolute Gasteiger partial charge is 0.259 e. The zero-order chi connectivity index (χ0) is 22.9. The predicted molar refractivity (Wildman–Crippen MR) is 132 cm³/mol. The van der Waals surface area contributed by atoms with Crippen LogP contribution in [0.1, 0.15) is 59.1 Å². The first-order valence-corrected chi connectivity index (χ1v) is 11.8. The molecule has 0 bridgehead atoms. The van der Waals surface area contributed by atoms with E-state index in [-0.39, 0.29) is 17.1 Å². The van der Waals surface area contributed by atoms with Crippen LogP contribution in [0.25, 0.3) is 0 Å². The molecule has 0 spiro atoms. The first-order valence-electron chi connectivity index (χ1n) is 11.0. The van der Waals surface area contributed by atoms with Crippen molar-refractivity contribution in [3.63, 3.8) is 0 Å².